The molecule has 2 heterocycles. The molecule has 1 aliphatic rings. The summed E-state index contributed by atoms with van der Waals surface area (Å²) in [7, 11) is -5.90. The first-order chi connectivity index (χ1) is 10.6. The third-order valence-corrected chi connectivity index (χ3v) is 8.60. The van der Waals surface area contributed by atoms with Gasteiger partial charge in [-0.25, -0.2) is 22.0 Å². The molecular formula is C12H19N3O5S3. The lowest BCUT2D eigenvalue weighted by Crippen LogP contribution is -2.41. The number of fused-ring (bicyclic) bond motifs is 1. The number of likely N-dealkylation sites (N-methyl/N-ethyl adjacent to an activating group) is 2. The first kappa shape index (κ1) is 18.3. The van der Waals surface area contributed by atoms with Gasteiger partial charge in [0.1, 0.15) is 8.42 Å². The maximum Gasteiger partial charge on any atom is 0.247 e. The summed E-state index contributed by atoms with van der Waals surface area (Å²) >= 11 is 0.651. The number of sulfone groups is 1. The van der Waals surface area contributed by atoms with Crippen LogP contribution in [0.25, 0.3) is 0 Å². The number of rotatable bonds is 5. The normalized spacial score (nSPS) is 20.0. The lowest BCUT2D eigenvalue weighted by atomic mass is 10.1. The van der Waals surface area contributed by atoms with Gasteiger partial charge in [-0.3, -0.25) is 4.79 Å². The molecule has 0 saturated heterocycles. The molecule has 1 amide bonds. The average Bonchev–Trinajstić information content (AvgIpc) is 2.89. The monoisotopic (exact) mass is 381 g/mol. The van der Waals surface area contributed by atoms with Gasteiger partial charge in [0.2, 0.25) is 15.9 Å². The summed E-state index contributed by atoms with van der Waals surface area (Å²) in [6, 6.07) is 0.817. The van der Waals surface area contributed by atoms with E-state index in [1.807, 2.05) is 0 Å². The molecule has 11 heteroatoms. The van der Waals surface area contributed by atoms with E-state index in [1.165, 1.54) is 6.07 Å². The number of nitrogens with two attached hydrogens (primary N) is 1. The van der Waals surface area contributed by atoms with Gasteiger partial charge in [0.25, 0.3) is 0 Å². The van der Waals surface area contributed by atoms with Gasteiger partial charge >= 0.3 is 0 Å². The van der Waals surface area contributed by atoms with Crippen molar-refractivity contribution in [1.29, 1.82) is 0 Å². The molecule has 0 aromatic carbocycles. The zero-order valence-electron chi connectivity index (χ0n) is 12.8. The van der Waals surface area contributed by atoms with Gasteiger partial charge in [-0.2, -0.15) is 0 Å². The van der Waals surface area contributed by atoms with Gasteiger partial charge in [-0.1, -0.05) is 0 Å². The number of amides is 1. The molecular weight excluding hydrogens is 362 g/mol. The number of nitrogens with zero attached hydrogens (tertiary/aromatic N) is 1. The van der Waals surface area contributed by atoms with Gasteiger partial charge in [0.05, 0.1) is 18.3 Å². The first-order valence-electron chi connectivity index (χ1n) is 6.95. The fourth-order valence-corrected chi connectivity index (χ4v) is 6.79. The Morgan fingerprint density at radius 2 is 2.17 bits per heavy atom. The number of nitrogens with one attached hydrogen (secondary N) is 1. The number of carbonyl (C=O) groups is 1. The van der Waals surface area contributed by atoms with Crippen LogP contribution in [0.1, 0.15) is 24.9 Å². The minimum Gasteiger partial charge on any atom is -0.335 e. The van der Waals surface area contributed by atoms with E-state index >= 15 is 0 Å². The Kier molecular flexibility index (Phi) is 5.16. The third kappa shape index (κ3) is 3.58. The summed E-state index contributed by atoms with van der Waals surface area (Å²) in [5, 5.41) is 7.88. The highest BCUT2D eigenvalue weighted by Gasteiger charge is 2.38. The fourth-order valence-electron chi connectivity index (χ4n) is 2.64. The van der Waals surface area contributed by atoms with Crippen molar-refractivity contribution in [2.45, 2.75) is 27.8 Å². The summed E-state index contributed by atoms with van der Waals surface area (Å²) in [4.78, 5) is 13.8. The number of hydrogen-bond acceptors (Lipinski definition) is 7. The second kappa shape index (κ2) is 6.48. The molecule has 1 aliphatic heterocycles. The molecule has 0 fully saturated rings. The molecule has 0 unspecified atom stereocenters. The van der Waals surface area contributed by atoms with Gasteiger partial charge < -0.3 is 10.2 Å². The molecule has 1 aromatic rings. The van der Waals surface area contributed by atoms with E-state index in [2.05, 4.69) is 5.32 Å². The van der Waals surface area contributed by atoms with Crippen LogP contribution in [0, 0.1) is 0 Å². The van der Waals surface area contributed by atoms with Crippen molar-refractivity contribution in [2.75, 3.05) is 25.9 Å². The zero-order valence-corrected chi connectivity index (χ0v) is 15.2. The smallest absolute Gasteiger partial charge is 0.247 e. The summed E-state index contributed by atoms with van der Waals surface area (Å²) in [5.41, 5.74) is 0.344. The van der Waals surface area contributed by atoms with E-state index in [1.54, 1.807) is 18.9 Å². The summed E-state index contributed by atoms with van der Waals surface area (Å²) < 4.78 is 47.3. The number of sulfonamides is 1. The van der Waals surface area contributed by atoms with Gasteiger partial charge in [0, 0.05) is 12.1 Å². The van der Waals surface area contributed by atoms with Crippen molar-refractivity contribution >= 4 is 37.1 Å². The second-order valence-electron chi connectivity index (χ2n) is 5.19. The van der Waals surface area contributed by atoms with Crippen LogP contribution in [0.3, 0.4) is 0 Å². The maximum absolute atomic E-state index is 12.2. The van der Waals surface area contributed by atoms with Crippen LogP contribution in [0.15, 0.2) is 14.5 Å². The van der Waals surface area contributed by atoms with Crippen LogP contribution in [-0.4, -0.2) is 53.5 Å². The summed E-state index contributed by atoms with van der Waals surface area (Å²) in [6.07, 6.45) is 0.236. The van der Waals surface area contributed by atoms with Crippen LogP contribution in [0.2, 0.25) is 0 Å². The number of thiophene rings is 1. The fraction of sp³-hybridized carbons (Fsp3) is 0.583. The standard InChI is InChI=1S/C12H19N3O5S3/c1-3-15(10(16)7-14-2)9-4-5-22(17,18)12-8(9)6-11(21-12)23(13,19)20/h6,9,14H,3-5,7H2,1-2H3,(H2,13,19,20)/t9-/m0/s1. The molecule has 23 heavy (non-hydrogen) atoms. The third-order valence-electron chi connectivity index (χ3n) is 3.65. The van der Waals surface area contributed by atoms with Crippen molar-refractivity contribution < 1.29 is 21.6 Å². The quantitative estimate of drug-likeness (QED) is 0.720. The molecule has 0 saturated carbocycles. The summed E-state index contributed by atoms with van der Waals surface area (Å²) in [5.74, 6) is -0.299. The lowest BCUT2D eigenvalue weighted by Gasteiger charge is -2.33. The Balaban J connectivity index is 2.55. The number of primary sulfonamides is 1. The van der Waals surface area contributed by atoms with Crippen molar-refractivity contribution in [1.82, 2.24) is 10.2 Å². The second-order valence-corrected chi connectivity index (χ2v) is 10.3. The number of hydrogen-bond donors (Lipinski definition) is 2. The van der Waals surface area contributed by atoms with Crippen LogP contribution >= 0.6 is 11.3 Å². The topological polar surface area (TPSA) is 127 Å². The van der Waals surface area contributed by atoms with Gasteiger partial charge in [-0.15, -0.1) is 11.3 Å². The molecule has 0 aliphatic carbocycles. The Morgan fingerprint density at radius 3 is 2.70 bits per heavy atom. The van der Waals surface area contributed by atoms with Crippen LogP contribution < -0.4 is 10.5 Å². The summed E-state index contributed by atoms with van der Waals surface area (Å²) in [6.45, 7) is 2.31. The van der Waals surface area contributed by atoms with Crippen LogP contribution in [0.5, 0.6) is 0 Å². The highest BCUT2D eigenvalue weighted by molar-refractivity contribution is 7.95. The molecule has 0 bridgehead atoms. The Labute approximate surface area is 139 Å². The molecule has 1 aromatic heterocycles. The van der Waals surface area contributed by atoms with Gasteiger partial charge in [-0.05, 0) is 26.5 Å². The maximum atomic E-state index is 12.2. The van der Waals surface area contributed by atoms with E-state index < -0.39 is 25.9 Å². The van der Waals surface area contributed by atoms with Gasteiger partial charge in [0.15, 0.2) is 9.84 Å². The molecule has 0 radical (unpaired) electrons. The largest absolute Gasteiger partial charge is 0.335 e. The zero-order chi connectivity index (χ0) is 17.4. The molecule has 2 rings (SSSR count). The van der Waals surface area contributed by atoms with Crippen molar-refractivity contribution in [3.05, 3.63) is 11.6 Å². The van der Waals surface area contributed by atoms with Crippen LogP contribution in [0.4, 0.5) is 0 Å². The van der Waals surface area contributed by atoms with E-state index in [9.17, 15) is 21.6 Å². The minimum atomic E-state index is -4.00. The average molecular weight is 382 g/mol. The van der Waals surface area contributed by atoms with Crippen molar-refractivity contribution in [2.24, 2.45) is 5.14 Å². The number of carbonyl (C=O) groups excluding carboxylic acids is 1. The van der Waals surface area contributed by atoms with Crippen molar-refractivity contribution in [3.8, 4) is 0 Å². The molecule has 1 atom stereocenters. The molecule has 130 valence electrons. The van der Waals surface area contributed by atoms with E-state index in [0.29, 0.717) is 23.4 Å². The SMILES string of the molecule is CCN(C(=O)CNC)[C@H]1CCS(=O)(=O)c2sc(S(N)(=O)=O)cc21. The predicted molar refractivity (Wildman–Crippen MR) is 86.4 cm³/mol. The Bertz CT molecular complexity index is 813. The van der Waals surface area contributed by atoms with E-state index in [0.717, 1.165) is 0 Å². The first-order valence-corrected chi connectivity index (χ1v) is 11.0. The van der Waals surface area contributed by atoms with Crippen LogP contribution in [-0.2, 0) is 24.7 Å². The Hall–Kier alpha value is -1.01. The minimum absolute atomic E-state index is 0.00603. The predicted octanol–water partition coefficient (Wildman–Crippen LogP) is -0.318. The van der Waals surface area contributed by atoms with Crippen molar-refractivity contribution in [3.63, 3.8) is 0 Å². The lowest BCUT2D eigenvalue weighted by molar-refractivity contribution is -0.132. The van der Waals surface area contributed by atoms with E-state index in [-0.39, 0.29) is 33.0 Å². The highest BCUT2D eigenvalue weighted by Crippen LogP contribution is 2.42. The molecule has 0 spiro atoms. The van der Waals surface area contributed by atoms with E-state index in [4.69, 9.17) is 5.14 Å². The highest BCUT2D eigenvalue weighted by atomic mass is 32.3. The molecule has 8 nitrogen and oxygen atoms in total. The molecule has 3 N–H and O–H groups in total. The Morgan fingerprint density at radius 1 is 1.52 bits per heavy atom.